The minimum atomic E-state index is -0.459. The van der Waals surface area contributed by atoms with Crippen molar-refractivity contribution in [3.8, 4) is 0 Å². The third kappa shape index (κ3) is 5.55. The molecule has 0 atom stereocenters. The van der Waals surface area contributed by atoms with Crippen LogP contribution in [0.2, 0.25) is 0 Å². The highest BCUT2D eigenvalue weighted by Crippen LogP contribution is 2.11. The molecule has 0 N–H and O–H groups in total. The van der Waals surface area contributed by atoms with Crippen LogP contribution >= 0.6 is 11.6 Å². The summed E-state index contributed by atoms with van der Waals surface area (Å²) in [5, 5.41) is 0. The molecule has 0 saturated carbocycles. The topological polar surface area (TPSA) is 26.3 Å². The van der Waals surface area contributed by atoms with Crippen LogP contribution in [0.4, 0.5) is 0 Å². The summed E-state index contributed by atoms with van der Waals surface area (Å²) in [7, 11) is 0. The van der Waals surface area contributed by atoms with Crippen molar-refractivity contribution in [2.75, 3.05) is 0 Å². The van der Waals surface area contributed by atoms with E-state index in [4.69, 9.17) is 16.3 Å². The number of esters is 1. The van der Waals surface area contributed by atoms with Gasteiger partial charge in [-0.25, -0.2) is 4.79 Å². The summed E-state index contributed by atoms with van der Waals surface area (Å²) in [5.74, 6) is 0.127. The van der Waals surface area contributed by atoms with Gasteiger partial charge in [0.1, 0.15) is 5.60 Å². The Morgan fingerprint density at radius 2 is 2.12 bits per heavy atom. The van der Waals surface area contributed by atoms with E-state index in [-0.39, 0.29) is 5.97 Å². The van der Waals surface area contributed by atoms with Crippen molar-refractivity contribution >= 4 is 23.6 Å². The van der Waals surface area contributed by atoms with Gasteiger partial charge in [0.2, 0.25) is 0 Å². The molecule has 17 heavy (non-hydrogen) atoms. The number of carbonyl (C=O) groups excluding carboxylic acids is 1. The van der Waals surface area contributed by atoms with Crippen LogP contribution in [0.15, 0.2) is 30.3 Å². The van der Waals surface area contributed by atoms with E-state index in [9.17, 15) is 4.79 Å². The molecule has 3 heteroatoms. The number of alkyl halides is 1. The Hall–Kier alpha value is -1.28. The van der Waals surface area contributed by atoms with E-state index in [1.807, 2.05) is 45.0 Å². The number of rotatable bonds is 3. The third-order valence-electron chi connectivity index (χ3n) is 1.92. The molecule has 1 aromatic rings. The van der Waals surface area contributed by atoms with Crippen LogP contribution < -0.4 is 0 Å². The molecule has 0 saturated heterocycles. The van der Waals surface area contributed by atoms with Crippen molar-refractivity contribution in [3.05, 3.63) is 41.5 Å². The van der Waals surface area contributed by atoms with Gasteiger partial charge in [0.15, 0.2) is 0 Å². The lowest BCUT2D eigenvalue weighted by molar-refractivity contribution is -0.148. The van der Waals surface area contributed by atoms with Gasteiger partial charge in [0.25, 0.3) is 0 Å². The molecule has 0 aliphatic carbocycles. The number of hydrogen-bond acceptors (Lipinski definition) is 2. The lowest BCUT2D eigenvalue weighted by Gasteiger charge is -2.17. The highest BCUT2D eigenvalue weighted by Gasteiger charge is 2.13. The van der Waals surface area contributed by atoms with Crippen molar-refractivity contribution in [2.45, 2.75) is 32.3 Å². The van der Waals surface area contributed by atoms with Crippen LogP contribution in [0.25, 0.3) is 6.08 Å². The zero-order chi connectivity index (χ0) is 12.9. The van der Waals surface area contributed by atoms with Gasteiger partial charge in [-0.2, -0.15) is 0 Å². The molecule has 0 aliphatic heterocycles. The number of carbonyl (C=O) groups is 1. The molecule has 0 radical (unpaired) electrons. The predicted molar refractivity (Wildman–Crippen MR) is 70.9 cm³/mol. The molecule has 0 aromatic heterocycles. The Bertz CT molecular complexity index is 416. The molecule has 1 rings (SSSR count). The smallest absolute Gasteiger partial charge is 0.331 e. The second-order valence-electron chi connectivity index (χ2n) is 4.75. The van der Waals surface area contributed by atoms with E-state index in [2.05, 4.69) is 0 Å². The summed E-state index contributed by atoms with van der Waals surface area (Å²) in [4.78, 5) is 11.5. The number of hydrogen-bond donors (Lipinski definition) is 0. The van der Waals surface area contributed by atoms with Crippen molar-refractivity contribution in [3.63, 3.8) is 0 Å². The molecule has 1 aromatic carbocycles. The zero-order valence-electron chi connectivity index (χ0n) is 10.4. The summed E-state index contributed by atoms with van der Waals surface area (Å²) in [5.41, 5.74) is 1.51. The summed E-state index contributed by atoms with van der Waals surface area (Å²) in [6, 6.07) is 7.70. The molecule has 0 bridgehead atoms. The fourth-order valence-electron chi connectivity index (χ4n) is 1.28. The van der Waals surface area contributed by atoms with E-state index >= 15 is 0 Å². The molecule has 92 valence electrons. The van der Waals surface area contributed by atoms with Gasteiger partial charge in [-0.1, -0.05) is 24.3 Å². The van der Waals surface area contributed by atoms with Gasteiger partial charge < -0.3 is 4.74 Å². The number of ether oxygens (including phenoxy) is 1. The molecule has 2 nitrogen and oxygen atoms in total. The van der Waals surface area contributed by atoms with Gasteiger partial charge in [-0.05, 0) is 38.0 Å². The molecule has 0 aliphatic rings. The van der Waals surface area contributed by atoms with Crippen molar-refractivity contribution in [1.82, 2.24) is 0 Å². The maximum Gasteiger partial charge on any atom is 0.331 e. The molecule has 0 unspecified atom stereocenters. The van der Waals surface area contributed by atoms with E-state index < -0.39 is 5.60 Å². The average molecular weight is 253 g/mol. The second-order valence-corrected chi connectivity index (χ2v) is 5.01. The summed E-state index contributed by atoms with van der Waals surface area (Å²) in [6.45, 7) is 5.52. The SMILES string of the molecule is CC(C)(C)OC(=O)/C=C/c1cccc(CCl)c1. The van der Waals surface area contributed by atoms with Crippen LogP contribution in [0.3, 0.4) is 0 Å². The van der Waals surface area contributed by atoms with Gasteiger partial charge >= 0.3 is 5.97 Å². The first-order chi connectivity index (χ1) is 7.90. The Kier molecular flexibility index (Phi) is 4.76. The first-order valence-corrected chi connectivity index (χ1v) is 6.00. The molecular weight excluding hydrogens is 236 g/mol. The quantitative estimate of drug-likeness (QED) is 0.465. The summed E-state index contributed by atoms with van der Waals surface area (Å²) >= 11 is 5.73. The highest BCUT2D eigenvalue weighted by molar-refractivity contribution is 6.17. The Labute approximate surface area is 107 Å². The average Bonchev–Trinajstić information content (AvgIpc) is 2.24. The van der Waals surface area contributed by atoms with Gasteiger partial charge in [-0.15, -0.1) is 11.6 Å². The van der Waals surface area contributed by atoms with Crippen LogP contribution in [0.1, 0.15) is 31.9 Å². The summed E-state index contributed by atoms with van der Waals surface area (Å²) < 4.78 is 5.16. The zero-order valence-corrected chi connectivity index (χ0v) is 11.1. The number of halogens is 1. The Morgan fingerprint density at radius 1 is 1.41 bits per heavy atom. The largest absolute Gasteiger partial charge is 0.457 e. The maximum atomic E-state index is 11.5. The molecule has 0 spiro atoms. The normalized spacial score (nSPS) is 11.8. The minimum Gasteiger partial charge on any atom is -0.457 e. The molecule has 0 heterocycles. The second kappa shape index (κ2) is 5.87. The lowest BCUT2D eigenvalue weighted by Crippen LogP contribution is -2.22. The van der Waals surface area contributed by atoms with Crippen LogP contribution in [-0.2, 0) is 15.4 Å². The van der Waals surface area contributed by atoms with Crippen molar-refractivity contribution in [1.29, 1.82) is 0 Å². The third-order valence-corrected chi connectivity index (χ3v) is 2.23. The predicted octanol–water partition coefficient (Wildman–Crippen LogP) is 3.78. The van der Waals surface area contributed by atoms with Gasteiger partial charge in [-0.3, -0.25) is 0 Å². The molecule has 0 fully saturated rings. The van der Waals surface area contributed by atoms with Crippen molar-refractivity contribution in [2.24, 2.45) is 0 Å². The van der Waals surface area contributed by atoms with Crippen molar-refractivity contribution < 1.29 is 9.53 Å². The highest BCUT2D eigenvalue weighted by atomic mass is 35.5. The van der Waals surface area contributed by atoms with E-state index in [0.29, 0.717) is 5.88 Å². The first-order valence-electron chi connectivity index (χ1n) is 5.47. The Balaban J connectivity index is 2.67. The van der Waals surface area contributed by atoms with Crippen LogP contribution in [0.5, 0.6) is 0 Å². The number of benzene rings is 1. The maximum absolute atomic E-state index is 11.5. The van der Waals surface area contributed by atoms with Crippen LogP contribution in [0, 0.1) is 0 Å². The first kappa shape index (κ1) is 13.8. The fraction of sp³-hybridized carbons (Fsp3) is 0.357. The minimum absolute atomic E-state index is 0.339. The van der Waals surface area contributed by atoms with Crippen LogP contribution in [-0.4, -0.2) is 11.6 Å². The monoisotopic (exact) mass is 252 g/mol. The van der Waals surface area contributed by atoms with E-state index in [0.717, 1.165) is 11.1 Å². The standard InChI is InChI=1S/C14H17ClO2/c1-14(2,3)17-13(16)8-7-11-5-4-6-12(9-11)10-15/h4-9H,10H2,1-3H3/b8-7+. The molecular formula is C14H17ClO2. The van der Waals surface area contributed by atoms with Gasteiger partial charge in [0, 0.05) is 12.0 Å². The lowest BCUT2D eigenvalue weighted by atomic mass is 10.1. The van der Waals surface area contributed by atoms with E-state index in [1.54, 1.807) is 6.08 Å². The fourth-order valence-corrected chi connectivity index (χ4v) is 1.45. The van der Waals surface area contributed by atoms with E-state index in [1.165, 1.54) is 6.08 Å². The molecule has 0 amide bonds. The summed E-state index contributed by atoms with van der Waals surface area (Å²) in [6.07, 6.45) is 3.16. The Morgan fingerprint density at radius 3 is 2.71 bits per heavy atom. The van der Waals surface area contributed by atoms with Gasteiger partial charge in [0.05, 0.1) is 0 Å².